The van der Waals surface area contributed by atoms with Gasteiger partial charge in [0, 0.05) is 5.75 Å². The lowest BCUT2D eigenvalue weighted by Gasteiger charge is -2.25. The number of hydrogen-bond acceptors (Lipinski definition) is 4. The minimum Gasteiger partial charge on any atom is -0.480 e. The molecule has 35 heavy (non-hydrogen) atoms. The Labute approximate surface area is 209 Å². The van der Waals surface area contributed by atoms with Crippen LogP contribution < -0.4 is 4.72 Å². The van der Waals surface area contributed by atoms with E-state index in [9.17, 15) is 18.3 Å². The molecule has 0 aromatic heterocycles. The number of hydrogen-bond donors (Lipinski definition) is 2. The van der Waals surface area contributed by atoms with Crippen LogP contribution in [0.2, 0.25) is 0 Å². The first-order valence-electron chi connectivity index (χ1n) is 11.1. The fourth-order valence-corrected chi connectivity index (χ4v) is 6.30. The SMILES string of the molecule is O=C(O)[C@H](NS(=O)(=O)c1ccc(-c2ccccc2)cc1)[C@H](SCc1ccccc1)c1ccccc1. The van der Waals surface area contributed by atoms with Gasteiger partial charge in [-0.15, -0.1) is 11.8 Å². The third kappa shape index (κ3) is 6.39. The smallest absolute Gasteiger partial charge is 0.323 e. The van der Waals surface area contributed by atoms with Gasteiger partial charge in [-0.25, -0.2) is 8.42 Å². The van der Waals surface area contributed by atoms with Crippen molar-refractivity contribution in [3.05, 3.63) is 126 Å². The Morgan fingerprint density at radius 2 is 1.26 bits per heavy atom. The Bertz CT molecular complexity index is 1340. The molecule has 0 radical (unpaired) electrons. The maximum Gasteiger partial charge on any atom is 0.323 e. The molecule has 0 saturated heterocycles. The molecule has 7 heteroatoms. The van der Waals surface area contributed by atoms with Gasteiger partial charge < -0.3 is 5.11 Å². The number of rotatable bonds is 10. The van der Waals surface area contributed by atoms with E-state index in [0.717, 1.165) is 22.3 Å². The quantitative estimate of drug-likeness (QED) is 0.287. The molecule has 4 aromatic carbocycles. The van der Waals surface area contributed by atoms with E-state index >= 15 is 0 Å². The Morgan fingerprint density at radius 1 is 0.743 bits per heavy atom. The summed E-state index contributed by atoms with van der Waals surface area (Å²) in [6, 6.07) is 33.5. The third-order valence-corrected chi connectivity index (χ3v) is 8.38. The summed E-state index contributed by atoms with van der Waals surface area (Å²) in [5.41, 5.74) is 3.61. The van der Waals surface area contributed by atoms with Crippen LogP contribution >= 0.6 is 11.8 Å². The molecule has 4 aromatic rings. The highest BCUT2D eigenvalue weighted by Crippen LogP contribution is 2.35. The molecule has 0 saturated carbocycles. The Kier molecular flexibility index (Phi) is 8.02. The monoisotopic (exact) mass is 503 g/mol. The molecule has 0 aliphatic carbocycles. The minimum absolute atomic E-state index is 0.0169. The number of benzene rings is 4. The van der Waals surface area contributed by atoms with Crippen molar-refractivity contribution < 1.29 is 18.3 Å². The van der Waals surface area contributed by atoms with Gasteiger partial charge in [0.1, 0.15) is 6.04 Å². The molecule has 2 N–H and O–H groups in total. The van der Waals surface area contributed by atoms with Crippen molar-refractivity contribution in [1.29, 1.82) is 0 Å². The molecule has 178 valence electrons. The maximum atomic E-state index is 13.2. The number of thioether (sulfide) groups is 1. The lowest BCUT2D eigenvalue weighted by atomic mass is 10.1. The zero-order valence-electron chi connectivity index (χ0n) is 18.8. The number of aliphatic carboxylic acids is 1. The van der Waals surface area contributed by atoms with Gasteiger partial charge in [0.2, 0.25) is 10.0 Å². The van der Waals surface area contributed by atoms with Crippen LogP contribution in [-0.2, 0) is 20.6 Å². The molecule has 4 rings (SSSR count). The predicted molar refractivity (Wildman–Crippen MR) is 141 cm³/mol. The average molecular weight is 504 g/mol. The van der Waals surface area contributed by atoms with Gasteiger partial charge >= 0.3 is 5.97 Å². The van der Waals surface area contributed by atoms with Crippen molar-refractivity contribution in [3.63, 3.8) is 0 Å². The molecule has 0 amide bonds. The van der Waals surface area contributed by atoms with Crippen LogP contribution in [-0.4, -0.2) is 25.5 Å². The van der Waals surface area contributed by atoms with Crippen LogP contribution in [0.3, 0.4) is 0 Å². The number of carboxylic acids is 1. The maximum absolute atomic E-state index is 13.2. The molecular weight excluding hydrogens is 478 g/mol. The third-order valence-electron chi connectivity index (χ3n) is 5.52. The second-order valence-electron chi connectivity index (χ2n) is 7.96. The molecule has 5 nitrogen and oxygen atoms in total. The van der Waals surface area contributed by atoms with Crippen molar-refractivity contribution in [2.24, 2.45) is 0 Å². The Morgan fingerprint density at radius 3 is 1.83 bits per heavy atom. The van der Waals surface area contributed by atoms with E-state index < -0.39 is 27.3 Å². The predicted octanol–water partition coefficient (Wildman–Crippen LogP) is 5.76. The van der Waals surface area contributed by atoms with Gasteiger partial charge in [-0.3, -0.25) is 4.79 Å². The first-order valence-corrected chi connectivity index (χ1v) is 13.6. The number of carbonyl (C=O) groups is 1. The summed E-state index contributed by atoms with van der Waals surface area (Å²) in [7, 11) is -4.08. The molecule has 0 heterocycles. The van der Waals surface area contributed by atoms with E-state index in [0.29, 0.717) is 5.75 Å². The van der Waals surface area contributed by atoms with Crippen LogP contribution in [0.5, 0.6) is 0 Å². The van der Waals surface area contributed by atoms with Gasteiger partial charge in [-0.1, -0.05) is 103 Å². The van der Waals surface area contributed by atoms with E-state index in [1.165, 1.54) is 23.9 Å². The van der Waals surface area contributed by atoms with Gasteiger partial charge in [-0.05, 0) is 34.4 Å². The van der Waals surface area contributed by atoms with Crippen molar-refractivity contribution in [1.82, 2.24) is 4.72 Å². The summed E-state index contributed by atoms with van der Waals surface area (Å²) < 4.78 is 28.9. The van der Waals surface area contributed by atoms with E-state index in [2.05, 4.69) is 4.72 Å². The van der Waals surface area contributed by atoms with Gasteiger partial charge in [0.15, 0.2) is 0 Å². The second-order valence-corrected chi connectivity index (χ2v) is 10.8. The van der Waals surface area contributed by atoms with Crippen molar-refractivity contribution in [2.45, 2.75) is 21.9 Å². The molecule has 0 aliphatic rings. The van der Waals surface area contributed by atoms with E-state index in [1.54, 1.807) is 12.1 Å². The fourth-order valence-electron chi connectivity index (χ4n) is 3.72. The molecule has 0 spiro atoms. The highest BCUT2D eigenvalue weighted by molar-refractivity contribution is 7.98. The molecule has 0 unspecified atom stereocenters. The molecular formula is C28H25NO4S2. The summed E-state index contributed by atoms with van der Waals surface area (Å²) in [5.74, 6) is -0.693. The van der Waals surface area contributed by atoms with Gasteiger partial charge in [0.05, 0.1) is 10.1 Å². The topological polar surface area (TPSA) is 83.5 Å². The zero-order chi connectivity index (χ0) is 24.7. The summed E-state index contributed by atoms with van der Waals surface area (Å²) in [5, 5.41) is 9.43. The average Bonchev–Trinajstić information content (AvgIpc) is 2.90. The van der Waals surface area contributed by atoms with Gasteiger partial charge in [0.25, 0.3) is 0 Å². The first-order chi connectivity index (χ1) is 16.9. The molecule has 2 atom stereocenters. The zero-order valence-corrected chi connectivity index (χ0v) is 20.5. The van der Waals surface area contributed by atoms with Crippen molar-refractivity contribution >= 4 is 27.8 Å². The van der Waals surface area contributed by atoms with Crippen LogP contribution in [0.25, 0.3) is 11.1 Å². The molecule has 0 aliphatic heterocycles. The summed E-state index contributed by atoms with van der Waals surface area (Å²) >= 11 is 1.39. The summed E-state index contributed by atoms with van der Waals surface area (Å²) in [6.45, 7) is 0. The highest BCUT2D eigenvalue weighted by atomic mass is 32.2. The lowest BCUT2D eigenvalue weighted by molar-refractivity contribution is -0.139. The van der Waals surface area contributed by atoms with E-state index in [4.69, 9.17) is 0 Å². The Balaban J connectivity index is 1.60. The van der Waals surface area contributed by atoms with E-state index in [1.807, 2.05) is 91.0 Å². The van der Waals surface area contributed by atoms with Gasteiger partial charge in [-0.2, -0.15) is 4.72 Å². The van der Waals surface area contributed by atoms with Crippen LogP contribution in [0.15, 0.2) is 120 Å². The summed E-state index contributed by atoms with van der Waals surface area (Å²) in [4.78, 5) is 12.4. The highest BCUT2D eigenvalue weighted by Gasteiger charge is 2.34. The molecule has 0 fully saturated rings. The van der Waals surface area contributed by atoms with Crippen molar-refractivity contribution in [3.8, 4) is 11.1 Å². The molecule has 0 bridgehead atoms. The number of carboxylic acid groups (broad SMARTS) is 1. The Hall–Kier alpha value is -3.39. The van der Waals surface area contributed by atoms with Crippen LogP contribution in [0.1, 0.15) is 16.4 Å². The van der Waals surface area contributed by atoms with Crippen LogP contribution in [0, 0.1) is 0 Å². The lowest BCUT2D eigenvalue weighted by Crippen LogP contribution is -2.44. The standard InChI is InChI=1S/C28H25NO4S2/c30-28(31)26(27(24-14-8-3-9-15-24)34-20-21-10-4-1-5-11-21)29-35(32,33)25-18-16-23(17-19-25)22-12-6-2-7-13-22/h1-19,26-27,29H,20H2,(H,30,31)/t26-,27-/m1/s1. The number of nitrogens with one attached hydrogen (secondary N) is 1. The van der Waals surface area contributed by atoms with E-state index in [-0.39, 0.29) is 4.90 Å². The van der Waals surface area contributed by atoms with Crippen molar-refractivity contribution in [2.75, 3.05) is 0 Å². The number of sulfonamides is 1. The largest absolute Gasteiger partial charge is 0.480 e. The fraction of sp³-hybridized carbons (Fsp3) is 0.107. The first kappa shape index (κ1) is 24.7. The van der Waals surface area contributed by atoms with Crippen LogP contribution in [0.4, 0.5) is 0 Å². The second kappa shape index (κ2) is 11.4. The summed E-state index contributed by atoms with van der Waals surface area (Å²) in [6.07, 6.45) is 0. The minimum atomic E-state index is -4.08. The normalized spacial score (nSPS) is 13.1.